The molecular formula is C32H48N6O5. The molecule has 0 radical (unpaired) electrons. The summed E-state index contributed by atoms with van der Waals surface area (Å²) in [5, 5.41) is 15.6. The van der Waals surface area contributed by atoms with Crippen LogP contribution in [0.4, 0.5) is 11.5 Å². The zero-order valence-corrected chi connectivity index (χ0v) is 25.8. The van der Waals surface area contributed by atoms with E-state index in [1.165, 1.54) is 0 Å². The molecule has 3 N–H and O–H groups in total. The molecule has 1 aromatic heterocycles. The molecule has 236 valence electrons. The monoisotopic (exact) mass is 596 g/mol. The van der Waals surface area contributed by atoms with Crippen LogP contribution < -0.4 is 15.4 Å². The number of carboxylic acid groups (broad SMARTS) is 1. The van der Waals surface area contributed by atoms with Crippen LogP contribution in [0.3, 0.4) is 0 Å². The molecule has 2 aromatic rings. The summed E-state index contributed by atoms with van der Waals surface area (Å²) in [5.41, 5.74) is 2.79. The maximum atomic E-state index is 13.0. The minimum atomic E-state index is -0.906. The molecule has 4 rings (SSSR count). The molecule has 0 bridgehead atoms. The Hall–Kier alpha value is -3.28. The number of morpholine rings is 1. The van der Waals surface area contributed by atoms with Crippen LogP contribution in [0.5, 0.6) is 6.01 Å². The number of aromatic nitrogens is 2. The van der Waals surface area contributed by atoms with Crippen molar-refractivity contribution >= 4 is 23.4 Å². The Kier molecular flexibility index (Phi) is 13.0. The highest BCUT2D eigenvalue weighted by molar-refractivity contribution is 5.94. The van der Waals surface area contributed by atoms with Crippen LogP contribution in [0.25, 0.3) is 0 Å². The molecule has 11 nitrogen and oxygen atoms in total. The molecule has 1 amide bonds. The maximum absolute atomic E-state index is 13.0. The number of benzene rings is 1. The van der Waals surface area contributed by atoms with Gasteiger partial charge < -0.3 is 25.2 Å². The van der Waals surface area contributed by atoms with Crippen molar-refractivity contribution in [2.45, 2.75) is 64.8 Å². The lowest BCUT2D eigenvalue weighted by molar-refractivity contribution is -0.117. The summed E-state index contributed by atoms with van der Waals surface area (Å²) in [7, 11) is 1.79. The number of carboxylic acids is 1. The van der Waals surface area contributed by atoms with Crippen LogP contribution in [-0.4, -0.2) is 96.3 Å². The van der Waals surface area contributed by atoms with Crippen LogP contribution in [0.15, 0.2) is 24.3 Å². The van der Waals surface area contributed by atoms with Crippen molar-refractivity contribution in [3.8, 4) is 6.01 Å². The highest BCUT2D eigenvalue weighted by Gasteiger charge is 2.24. The summed E-state index contributed by atoms with van der Waals surface area (Å²) in [4.78, 5) is 38.5. The molecule has 0 aliphatic carbocycles. The lowest BCUT2D eigenvalue weighted by Crippen LogP contribution is -2.38. The summed E-state index contributed by atoms with van der Waals surface area (Å²) in [5.74, 6) is -0.0886. The topological polar surface area (TPSA) is 129 Å². The van der Waals surface area contributed by atoms with E-state index in [0.29, 0.717) is 42.7 Å². The third kappa shape index (κ3) is 10.4. The Morgan fingerprint density at radius 2 is 2.02 bits per heavy atom. The Bertz CT molecular complexity index is 1190. The number of unbranched alkanes of at least 4 members (excludes halogenated alkanes) is 1. The van der Waals surface area contributed by atoms with Crippen molar-refractivity contribution in [3.05, 3.63) is 41.1 Å². The van der Waals surface area contributed by atoms with Gasteiger partial charge in [0.15, 0.2) is 5.82 Å². The summed E-state index contributed by atoms with van der Waals surface area (Å²) in [6.45, 7) is 9.75. The quantitative estimate of drug-likeness (QED) is 0.241. The van der Waals surface area contributed by atoms with E-state index in [9.17, 15) is 14.7 Å². The first kappa shape index (κ1) is 32.6. The lowest BCUT2D eigenvalue weighted by atomic mass is 9.91. The van der Waals surface area contributed by atoms with Crippen molar-refractivity contribution < 1.29 is 24.2 Å². The molecule has 1 fully saturated rings. The van der Waals surface area contributed by atoms with Gasteiger partial charge in [0, 0.05) is 33.1 Å². The normalized spacial score (nSPS) is 17.6. The second-order valence-electron chi connectivity index (χ2n) is 11.5. The SMILES string of the molecule is CCCCOc1nc2c(c(NC)n1)NC(=O)CC(CCCN(CCCN1CCOCC1)Cc1cccc(C(=O)O)c1)CC2. The summed E-state index contributed by atoms with van der Waals surface area (Å²) >= 11 is 0. The maximum Gasteiger partial charge on any atom is 0.335 e. The number of hydrogen-bond acceptors (Lipinski definition) is 9. The van der Waals surface area contributed by atoms with Crippen LogP contribution in [0.2, 0.25) is 0 Å². The van der Waals surface area contributed by atoms with E-state index in [2.05, 4.69) is 37.3 Å². The van der Waals surface area contributed by atoms with E-state index in [4.69, 9.17) is 9.47 Å². The van der Waals surface area contributed by atoms with Gasteiger partial charge in [-0.3, -0.25) is 14.6 Å². The highest BCUT2D eigenvalue weighted by Crippen LogP contribution is 2.31. The number of carbonyl (C=O) groups excluding carboxylic acids is 1. The zero-order chi connectivity index (χ0) is 30.4. The number of amides is 1. The van der Waals surface area contributed by atoms with Crippen molar-refractivity contribution in [1.82, 2.24) is 19.8 Å². The van der Waals surface area contributed by atoms with Gasteiger partial charge in [0.2, 0.25) is 5.91 Å². The van der Waals surface area contributed by atoms with Gasteiger partial charge in [-0.15, -0.1) is 0 Å². The molecule has 2 aliphatic rings. The number of fused-ring (bicyclic) bond motifs is 1. The van der Waals surface area contributed by atoms with Gasteiger partial charge in [0.05, 0.1) is 31.1 Å². The van der Waals surface area contributed by atoms with Gasteiger partial charge in [-0.1, -0.05) is 25.5 Å². The number of nitrogens with one attached hydrogen (secondary N) is 2. The zero-order valence-electron chi connectivity index (χ0n) is 25.8. The molecule has 1 saturated heterocycles. The molecule has 1 atom stereocenters. The Labute approximate surface area is 255 Å². The van der Waals surface area contributed by atoms with E-state index in [1.807, 2.05) is 12.1 Å². The first-order valence-corrected chi connectivity index (χ1v) is 15.8. The minimum absolute atomic E-state index is 0.0152. The van der Waals surface area contributed by atoms with E-state index >= 15 is 0 Å². The van der Waals surface area contributed by atoms with Crippen molar-refractivity contribution in [3.63, 3.8) is 0 Å². The van der Waals surface area contributed by atoms with Crippen LogP contribution in [-0.2, 0) is 22.5 Å². The number of carbonyl (C=O) groups is 2. The largest absolute Gasteiger partial charge is 0.478 e. The molecule has 11 heteroatoms. The number of rotatable bonds is 16. The number of aryl methyl sites for hydroxylation is 1. The van der Waals surface area contributed by atoms with Crippen molar-refractivity contribution in [2.24, 2.45) is 5.92 Å². The lowest BCUT2D eigenvalue weighted by Gasteiger charge is -2.29. The molecule has 3 heterocycles. The van der Waals surface area contributed by atoms with E-state index in [0.717, 1.165) is 102 Å². The smallest absolute Gasteiger partial charge is 0.335 e. The fourth-order valence-corrected chi connectivity index (χ4v) is 5.77. The van der Waals surface area contributed by atoms with Gasteiger partial charge in [-0.2, -0.15) is 9.97 Å². The van der Waals surface area contributed by atoms with Crippen molar-refractivity contribution in [1.29, 1.82) is 0 Å². The van der Waals surface area contributed by atoms with Crippen LogP contribution >= 0.6 is 0 Å². The summed E-state index contributed by atoms with van der Waals surface area (Å²) in [6, 6.07) is 7.58. The molecule has 2 aliphatic heterocycles. The predicted molar refractivity (Wildman–Crippen MR) is 167 cm³/mol. The highest BCUT2D eigenvalue weighted by atomic mass is 16.5. The Balaban J connectivity index is 1.35. The first-order valence-electron chi connectivity index (χ1n) is 15.8. The number of anilines is 2. The molecule has 0 saturated carbocycles. The standard InChI is InChI=1S/C32H48N6O5/c1-3-4-18-43-32-34-27-12-11-24(22-28(39)35-29(27)30(33-2)36-32)9-6-13-38(15-7-14-37-16-19-42-20-17-37)23-25-8-5-10-26(21-25)31(40)41/h5,8,10,21,24H,3-4,6-7,9,11-20,22-23H2,1-2H3,(H,35,39)(H,40,41)(H,33,34,36). The van der Waals surface area contributed by atoms with Gasteiger partial charge >= 0.3 is 12.0 Å². The van der Waals surface area contributed by atoms with Gasteiger partial charge in [-0.05, 0) is 81.8 Å². The third-order valence-electron chi connectivity index (χ3n) is 8.18. The number of hydrogen-bond donors (Lipinski definition) is 3. The van der Waals surface area contributed by atoms with Gasteiger partial charge in [0.25, 0.3) is 0 Å². The minimum Gasteiger partial charge on any atom is -0.478 e. The average molecular weight is 597 g/mol. The first-order chi connectivity index (χ1) is 20.9. The van der Waals surface area contributed by atoms with E-state index in [1.54, 1.807) is 19.2 Å². The molecule has 0 spiro atoms. The molecule has 1 unspecified atom stereocenters. The fourth-order valence-electron chi connectivity index (χ4n) is 5.77. The molecular weight excluding hydrogens is 548 g/mol. The average Bonchev–Trinajstić information content (AvgIpc) is 3.00. The fraction of sp³-hybridized carbons (Fsp3) is 0.625. The van der Waals surface area contributed by atoms with Crippen LogP contribution in [0, 0.1) is 5.92 Å². The van der Waals surface area contributed by atoms with E-state index in [-0.39, 0.29) is 11.8 Å². The number of aromatic carboxylic acids is 1. The Morgan fingerprint density at radius 3 is 2.79 bits per heavy atom. The number of nitrogens with zero attached hydrogens (tertiary/aromatic N) is 4. The summed E-state index contributed by atoms with van der Waals surface area (Å²) in [6.07, 6.45) is 6.97. The molecule has 1 aromatic carbocycles. The Morgan fingerprint density at radius 1 is 1.21 bits per heavy atom. The second kappa shape index (κ2) is 17.1. The molecule has 43 heavy (non-hydrogen) atoms. The van der Waals surface area contributed by atoms with Crippen LogP contribution in [0.1, 0.15) is 73.5 Å². The van der Waals surface area contributed by atoms with Gasteiger partial charge in [0.1, 0.15) is 5.69 Å². The number of ether oxygens (including phenoxy) is 2. The third-order valence-corrected chi connectivity index (χ3v) is 8.18. The second-order valence-corrected chi connectivity index (χ2v) is 11.5. The van der Waals surface area contributed by atoms with Crippen molar-refractivity contribution in [2.75, 3.05) is 70.2 Å². The predicted octanol–water partition coefficient (Wildman–Crippen LogP) is 4.29. The summed E-state index contributed by atoms with van der Waals surface area (Å²) < 4.78 is 11.3. The van der Waals surface area contributed by atoms with Gasteiger partial charge in [-0.25, -0.2) is 4.79 Å². The van der Waals surface area contributed by atoms with E-state index < -0.39 is 5.97 Å².